The van der Waals surface area contributed by atoms with Gasteiger partial charge in [-0.15, -0.1) is 0 Å². The first-order chi connectivity index (χ1) is 8.18. The molecule has 17 heavy (non-hydrogen) atoms. The number of nitrogens with zero attached hydrogens (tertiary/aromatic N) is 2. The second-order valence-corrected chi connectivity index (χ2v) is 4.43. The minimum Gasteiger partial charge on any atom is -0.397 e. The zero-order chi connectivity index (χ0) is 12.3. The van der Waals surface area contributed by atoms with Crippen LogP contribution in [0, 0.1) is 0 Å². The Balaban J connectivity index is 1.92. The predicted octanol–water partition coefficient (Wildman–Crippen LogP) is 0.308. The number of hydrogen-bond donors (Lipinski definition) is 2. The predicted molar refractivity (Wildman–Crippen MR) is 64.5 cm³/mol. The molecular formula is C10H12N4O2S. The number of hydrogen-bond acceptors (Lipinski definition) is 5. The van der Waals surface area contributed by atoms with E-state index in [0.717, 1.165) is 0 Å². The lowest BCUT2D eigenvalue weighted by Gasteiger charge is -2.11. The summed E-state index contributed by atoms with van der Waals surface area (Å²) in [5.74, 6) is -0.0655. The lowest BCUT2D eigenvalue weighted by atomic mass is 10.4. The van der Waals surface area contributed by atoms with E-state index in [-0.39, 0.29) is 17.7 Å². The molecule has 2 heterocycles. The van der Waals surface area contributed by atoms with Crippen LogP contribution in [0.2, 0.25) is 0 Å². The summed E-state index contributed by atoms with van der Waals surface area (Å²) in [5, 5.41) is 3.19. The summed E-state index contributed by atoms with van der Waals surface area (Å²) in [7, 11) is 0. The summed E-state index contributed by atoms with van der Waals surface area (Å²) in [4.78, 5) is 28.2. The van der Waals surface area contributed by atoms with Gasteiger partial charge in [0.1, 0.15) is 5.03 Å². The highest BCUT2D eigenvalue weighted by molar-refractivity contribution is 8.00. The lowest BCUT2D eigenvalue weighted by molar-refractivity contribution is -0.124. The Bertz CT molecular complexity index is 452. The average molecular weight is 252 g/mol. The zero-order valence-electron chi connectivity index (χ0n) is 9.05. The van der Waals surface area contributed by atoms with Gasteiger partial charge < -0.3 is 11.1 Å². The van der Waals surface area contributed by atoms with Crippen molar-refractivity contribution in [2.24, 2.45) is 0 Å². The van der Waals surface area contributed by atoms with Crippen LogP contribution in [0.4, 0.5) is 10.5 Å². The van der Waals surface area contributed by atoms with E-state index in [1.807, 2.05) is 0 Å². The Morgan fingerprint density at radius 2 is 2.47 bits per heavy atom. The van der Waals surface area contributed by atoms with Crippen LogP contribution in [0.25, 0.3) is 0 Å². The Hall–Kier alpha value is -1.76. The SMILES string of the molecule is Nc1cccnc1SCC(=O)N1CCNC1=O. The molecule has 0 spiro atoms. The summed E-state index contributed by atoms with van der Waals surface area (Å²) < 4.78 is 0. The van der Waals surface area contributed by atoms with Crippen molar-refractivity contribution in [2.45, 2.75) is 5.03 Å². The topological polar surface area (TPSA) is 88.3 Å². The zero-order valence-corrected chi connectivity index (χ0v) is 9.87. The van der Waals surface area contributed by atoms with E-state index in [2.05, 4.69) is 10.3 Å². The molecular weight excluding hydrogens is 240 g/mol. The van der Waals surface area contributed by atoms with Crippen LogP contribution in [0.3, 0.4) is 0 Å². The number of nitrogens with two attached hydrogens (primary N) is 1. The standard InChI is InChI=1S/C10H12N4O2S/c11-7-2-1-3-12-9(7)17-6-8(15)14-5-4-13-10(14)16/h1-3H,4-6,11H2,(H,13,16). The summed E-state index contributed by atoms with van der Waals surface area (Å²) in [6, 6.07) is 3.13. The van der Waals surface area contributed by atoms with Gasteiger partial charge in [0.2, 0.25) is 5.91 Å². The van der Waals surface area contributed by atoms with Crippen molar-refractivity contribution in [1.82, 2.24) is 15.2 Å². The lowest BCUT2D eigenvalue weighted by Crippen LogP contribution is -2.35. The molecule has 1 aromatic rings. The number of amides is 3. The molecule has 1 aliphatic heterocycles. The van der Waals surface area contributed by atoms with Crippen molar-refractivity contribution in [2.75, 3.05) is 24.6 Å². The van der Waals surface area contributed by atoms with Crippen LogP contribution >= 0.6 is 11.8 Å². The van der Waals surface area contributed by atoms with Crippen molar-refractivity contribution in [1.29, 1.82) is 0 Å². The summed E-state index contributed by atoms with van der Waals surface area (Å²) in [5.41, 5.74) is 6.24. The summed E-state index contributed by atoms with van der Waals surface area (Å²) in [6.45, 7) is 0.941. The minimum absolute atomic E-state index is 0.161. The van der Waals surface area contributed by atoms with Crippen LogP contribution in [-0.2, 0) is 4.79 Å². The van der Waals surface area contributed by atoms with E-state index in [1.54, 1.807) is 18.3 Å². The molecule has 3 amide bonds. The van der Waals surface area contributed by atoms with Gasteiger partial charge in [0.15, 0.2) is 0 Å². The highest BCUT2D eigenvalue weighted by Crippen LogP contribution is 2.21. The normalized spacial score (nSPS) is 14.8. The highest BCUT2D eigenvalue weighted by atomic mass is 32.2. The van der Waals surface area contributed by atoms with Gasteiger partial charge in [0.25, 0.3) is 0 Å². The number of nitrogen functional groups attached to an aromatic ring is 1. The first kappa shape index (κ1) is 11.7. The molecule has 0 atom stereocenters. The first-order valence-corrected chi connectivity index (χ1v) is 6.08. The molecule has 1 fully saturated rings. The molecule has 1 saturated heterocycles. The van der Waals surface area contributed by atoms with Crippen molar-refractivity contribution in [3.8, 4) is 0 Å². The third kappa shape index (κ3) is 2.68. The fourth-order valence-corrected chi connectivity index (χ4v) is 2.23. The van der Waals surface area contributed by atoms with Crippen LogP contribution in [0.15, 0.2) is 23.4 Å². The van der Waals surface area contributed by atoms with E-state index in [1.165, 1.54) is 16.7 Å². The Kier molecular flexibility index (Phi) is 3.48. The molecule has 0 aromatic carbocycles. The van der Waals surface area contributed by atoms with Crippen molar-refractivity contribution < 1.29 is 9.59 Å². The minimum atomic E-state index is -0.329. The second-order valence-electron chi connectivity index (χ2n) is 3.46. The third-order valence-corrected chi connectivity index (χ3v) is 3.30. The smallest absolute Gasteiger partial charge is 0.324 e. The molecule has 2 rings (SSSR count). The molecule has 1 aliphatic rings. The molecule has 0 bridgehead atoms. The van der Waals surface area contributed by atoms with E-state index in [9.17, 15) is 9.59 Å². The quantitative estimate of drug-likeness (QED) is 0.756. The van der Waals surface area contributed by atoms with E-state index in [0.29, 0.717) is 23.8 Å². The monoisotopic (exact) mass is 252 g/mol. The fraction of sp³-hybridized carbons (Fsp3) is 0.300. The molecule has 7 heteroatoms. The van der Waals surface area contributed by atoms with Gasteiger partial charge in [-0.3, -0.25) is 9.69 Å². The number of nitrogens with one attached hydrogen (secondary N) is 1. The molecule has 90 valence electrons. The van der Waals surface area contributed by atoms with Gasteiger partial charge in [0, 0.05) is 19.3 Å². The maximum absolute atomic E-state index is 11.7. The number of carbonyl (C=O) groups excluding carboxylic acids is 2. The van der Waals surface area contributed by atoms with Crippen molar-refractivity contribution >= 4 is 29.4 Å². The molecule has 0 unspecified atom stereocenters. The van der Waals surface area contributed by atoms with Crippen LogP contribution in [0.5, 0.6) is 0 Å². The van der Waals surface area contributed by atoms with Crippen LogP contribution in [-0.4, -0.2) is 40.7 Å². The fourth-order valence-electron chi connectivity index (χ4n) is 1.44. The Labute approximate surface area is 103 Å². The molecule has 6 nitrogen and oxygen atoms in total. The summed E-state index contributed by atoms with van der Waals surface area (Å²) >= 11 is 1.24. The van der Waals surface area contributed by atoms with E-state index in [4.69, 9.17) is 5.73 Å². The maximum atomic E-state index is 11.7. The molecule has 0 saturated carbocycles. The Morgan fingerprint density at radius 1 is 1.65 bits per heavy atom. The molecule has 3 N–H and O–H groups in total. The largest absolute Gasteiger partial charge is 0.397 e. The van der Waals surface area contributed by atoms with Crippen LogP contribution in [0.1, 0.15) is 0 Å². The number of thioether (sulfide) groups is 1. The van der Waals surface area contributed by atoms with Gasteiger partial charge in [-0.25, -0.2) is 9.78 Å². The van der Waals surface area contributed by atoms with Crippen molar-refractivity contribution in [3.05, 3.63) is 18.3 Å². The van der Waals surface area contributed by atoms with Crippen LogP contribution < -0.4 is 11.1 Å². The average Bonchev–Trinajstić information content (AvgIpc) is 2.74. The second kappa shape index (κ2) is 5.05. The molecule has 0 radical (unpaired) electrons. The van der Waals surface area contributed by atoms with E-state index >= 15 is 0 Å². The van der Waals surface area contributed by atoms with Gasteiger partial charge in [-0.05, 0) is 12.1 Å². The number of rotatable bonds is 3. The number of imide groups is 1. The number of aromatic nitrogens is 1. The Morgan fingerprint density at radius 3 is 3.12 bits per heavy atom. The molecule has 1 aromatic heterocycles. The number of anilines is 1. The van der Waals surface area contributed by atoms with Gasteiger partial charge in [0.05, 0.1) is 11.4 Å². The first-order valence-electron chi connectivity index (χ1n) is 5.10. The van der Waals surface area contributed by atoms with Gasteiger partial charge in [-0.1, -0.05) is 11.8 Å². The van der Waals surface area contributed by atoms with Gasteiger partial charge >= 0.3 is 6.03 Å². The highest BCUT2D eigenvalue weighted by Gasteiger charge is 2.25. The third-order valence-electron chi connectivity index (χ3n) is 2.29. The number of carbonyl (C=O) groups is 2. The van der Waals surface area contributed by atoms with Gasteiger partial charge in [-0.2, -0.15) is 0 Å². The maximum Gasteiger partial charge on any atom is 0.324 e. The summed E-state index contributed by atoms with van der Waals surface area (Å²) in [6.07, 6.45) is 1.62. The van der Waals surface area contributed by atoms with Crippen molar-refractivity contribution in [3.63, 3.8) is 0 Å². The number of pyridine rings is 1. The van der Waals surface area contributed by atoms with E-state index < -0.39 is 0 Å². The molecule has 0 aliphatic carbocycles. The number of urea groups is 1.